The maximum atomic E-state index is 6.21. The van der Waals surface area contributed by atoms with E-state index in [1.807, 2.05) is 24.3 Å². The summed E-state index contributed by atoms with van der Waals surface area (Å²) in [6.45, 7) is 34.0. The quantitative estimate of drug-likeness (QED) is 0.0648. The number of aryl methyl sites for hydroxylation is 12. The van der Waals surface area contributed by atoms with Crippen molar-refractivity contribution < 1.29 is 27.0 Å². The Morgan fingerprint density at radius 1 is 0.200 bits per heavy atom. The molecular formula is C122H119Cl4N4P3Ru2+2. The summed E-state index contributed by atoms with van der Waals surface area (Å²) in [6, 6.07) is 149. The smallest absolute Gasteiger partial charge is 0.0620 e. The minimum Gasteiger partial charge on any atom is -0.0620 e. The van der Waals surface area contributed by atoms with Crippen molar-refractivity contribution >= 4 is 141 Å². The number of benzene rings is 17. The summed E-state index contributed by atoms with van der Waals surface area (Å²) in [7, 11) is 22.2. The Hall–Kier alpha value is -10.6. The van der Waals surface area contributed by atoms with Crippen LogP contribution in [0.5, 0.6) is 0 Å². The molecule has 135 heavy (non-hydrogen) atoms. The van der Waals surface area contributed by atoms with Gasteiger partial charge in [0.2, 0.25) is 0 Å². The summed E-state index contributed by atoms with van der Waals surface area (Å²) in [4.78, 5) is 9.87. The van der Waals surface area contributed by atoms with Gasteiger partial charge in [-0.05, 0) is 237 Å². The van der Waals surface area contributed by atoms with Gasteiger partial charge < -0.3 is 19.6 Å². The van der Waals surface area contributed by atoms with Gasteiger partial charge in [-0.15, -0.1) is 0 Å². The van der Waals surface area contributed by atoms with Gasteiger partial charge in [0.15, 0.2) is 0 Å². The number of halogens is 4. The molecule has 2 saturated heterocycles. The third kappa shape index (κ3) is 24.7. The van der Waals surface area contributed by atoms with E-state index in [2.05, 4.69) is 504 Å². The largest absolute Gasteiger partial charge is 0.102 e. The van der Waals surface area contributed by atoms with E-state index in [9.17, 15) is 0 Å². The number of hydrogen-bond acceptors (Lipinski definition) is 4. The Bertz CT molecular complexity index is 5780. The van der Waals surface area contributed by atoms with E-state index in [0.29, 0.717) is 0 Å². The zero-order chi connectivity index (χ0) is 94.4. The first-order valence-electron chi connectivity index (χ1n) is 46.1. The molecule has 17 aromatic rings. The molecule has 13 heteroatoms. The van der Waals surface area contributed by atoms with Crippen LogP contribution in [0.2, 0.25) is 0 Å². The first-order valence-corrected chi connectivity index (χ1v) is 61.3. The fourth-order valence-corrected chi connectivity index (χ4v) is 33.6. The van der Waals surface area contributed by atoms with Crippen LogP contribution in [0.15, 0.2) is 419 Å². The van der Waals surface area contributed by atoms with Crippen LogP contribution in [-0.2, 0) is 27.0 Å². The predicted octanol–water partition coefficient (Wildman–Crippen LogP) is 27.7. The van der Waals surface area contributed by atoms with Crippen LogP contribution in [0.1, 0.15) is 89.0 Å². The number of rotatable bonds is 13. The molecular weight excluding hydrogens is 1960 g/mol. The molecule has 4 aliphatic rings. The molecule has 0 aromatic heterocycles. The molecule has 4 nitrogen and oxygen atoms in total. The second-order valence-corrected chi connectivity index (χ2v) is 53.7. The van der Waals surface area contributed by atoms with E-state index in [-0.39, 0.29) is 0 Å². The van der Waals surface area contributed by atoms with Gasteiger partial charge in [0.05, 0.1) is 30.4 Å². The molecule has 17 aromatic carbocycles. The van der Waals surface area contributed by atoms with E-state index < -0.39 is 50.8 Å². The number of fused-ring (bicyclic) bond motifs is 6. The fourth-order valence-electron chi connectivity index (χ4n) is 19.5. The van der Waals surface area contributed by atoms with Crippen LogP contribution in [0.4, 0.5) is 22.7 Å². The summed E-state index contributed by atoms with van der Waals surface area (Å²) in [5.74, 6) is 0. The van der Waals surface area contributed by atoms with Crippen LogP contribution in [0.3, 0.4) is 0 Å². The van der Waals surface area contributed by atoms with Crippen LogP contribution < -0.4 is 67.3 Å². The summed E-state index contributed by atoms with van der Waals surface area (Å²) in [5.41, 5.74) is 31.8. The van der Waals surface area contributed by atoms with Gasteiger partial charge in [-0.25, -0.2) is 0 Å². The molecule has 21 rings (SSSR count). The molecule has 0 spiro atoms. The molecule has 0 bridgehead atoms. The maximum absolute atomic E-state index is 6.21. The van der Waals surface area contributed by atoms with E-state index in [4.69, 9.17) is 38.8 Å². The van der Waals surface area contributed by atoms with Crippen molar-refractivity contribution in [3.8, 4) is 22.3 Å². The van der Waals surface area contributed by atoms with Crippen molar-refractivity contribution in [1.82, 2.24) is 0 Å². The van der Waals surface area contributed by atoms with Gasteiger partial charge >= 0.3 is 216 Å². The fraction of sp³-hybridized carbons (Fsp3) is 0.139. The van der Waals surface area contributed by atoms with Gasteiger partial charge in [-0.2, -0.15) is 6.67 Å². The Labute approximate surface area is 832 Å². The summed E-state index contributed by atoms with van der Waals surface area (Å²) < 4.78 is 2.33. The van der Waals surface area contributed by atoms with Gasteiger partial charge in [0.1, 0.15) is 47.7 Å². The predicted molar refractivity (Wildman–Crippen MR) is 594 cm³/mol. The summed E-state index contributed by atoms with van der Waals surface area (Å²) in [6.07, 6.45) is 0. The summed E-state index contributed by atoms with van der Waals surface area (Å²) in [5, 5.41) is 12.9. The number of nitrogens with zero attached hydrogens (tertiary/aromatic N) is 4. The Morgan fingerprint density at radius 3 is 0.526 bits per heavy atom. The molecule has 0 saturated carbocycles. The van der Waals surface area contributed by atoms with Gasteiger partial charge in [-0.3, -0.25) is 0 Å². The molecule has 0 radical (unpaired) electrons. The van der Waals surface area contributed by atoms with E-state index in [0.717, 1.165) is 32.8 Å². The molecule has 684 valence electrons. The van der Waals surface area contributed by atoms with Crippen LogP contribution in [-0.4, -0.2) is 41.1 Å². The van der Waals surface area contributed by atoms with Crippen LogP contribution in [0.25, 0.3) is 22.3 Å². The maximum Gasteiger partial charge on any atom is 0.102 e. The molecule has 2 heterocycles. The monoisotopic (exact) mass is 2080 g/mol. The second-order valence-electron chi connectivity index (χ2n) is 34.7. The average Bonchev–Trinajstić information content (AvgIpc) is 1.61. The first-order chi connectivity index (χ1) is 65.7. The minimum atomic E-state index is -1.88. The van der Waals surface area contributed by atoms with Crippen molar-refractivity contribution in [2.75, 3.05) is 52.4 Å². The average molecular weight is 2080 g/mol. The van der Waals surface area contributed by atoms with Crippen molar-refractivity contribution in [2.24, 2.45) is 0 Å². The molecule has 0 atom stereocenters. The van der Waals surface area contributed by atoms with Crippen molar-refractivity contribution in [1.29, 1.82) is 0 Å². The minimum absolute atomic E-state index is 0.877. The Morgan fingerprint density at radius 2 is 0.356 bits per heavy atom. The van der Waals surface area contributed by atoms with Gasteiger partial charge in [-0.1, -0.05) is 235 Å². The molecule has 0 N–H and O–H groups in total. The Kier molecular flexibility index (Phi) is 35.1. The topological polar surface area (TPSA) is 13.0 Å². The number of anilines is 4. The number of hydrogen-bond donors (Lipinski definition) is 0. The summed E-state index contributed by atoms with van der Waals surface area (Å²) >= 11 is -3.76. The van der Waals surface area contributed by atoms with Crippen molar-refractivity contribution in [3.63, 3.8) is 0 Å². The third-order valence-electron chi connectivity index (χ3n) is 24.6. The van der Waals surface area contributed by atoms with Crippen LogP contribution in [0, 0.1) is 89.8 Å². The SMILES string of the molecule is Cc1cc(C)c(N2CCN(c3c(C)cc(C)cc3C)C2)c(C)c1.Cc1cc(C)c(N2[CH-]N(c3c(C)cc(C)cc3C)CC2)c(C)c1.[Cl][Ru]([Cl])=[C]1c2ccccc2-c2ccccc21.[Cl][Ru]([Cl])=[C]1c2ccccc2-c2ccccc21.c1ccc([PH+](c2ccccc2)c2ccccc2)cc1.c1ccc([PH+](c2ccccc2)c2ccccc2)cc1.c1ccc([PH+](c2ccccc2)c2ccccc2)cc1. The van der Waals surface area contributed by atoms with E-state index in [1.165, 1.54) is 190 Å². The van der Waals surface area contributed by atoms with Gasteiger partial charge in [0, 0.05) is 48.9 Å². The van der Waals surface area contributed by atoms with Gasteiger partial charge in [0.25, 0.3) is 0 Å². The normalized spacial score (nSPS) is 12.6. The van der Waals surface area contributed by atoms with Crippen LogP contribution >= 0.6 is 62.5 Å². The second kappa shape index (κ2) is 47.9. The first kappa shape index (κ1) is 98.9. The van der Waals surface area contributed by atoms with Crippen molar-refractivity contribution in [3.05, 3.63) is 514 Å². The molecule has 2 fully saturated rings. The molecule has 2 aliphatic heterocycles. The zero-order valence-electron chi connectivity index (χ0n) is 79.0. The van der Waals surface area contributed by atoms with E-state index >= 15 is 0 Å². The molecule has 2 aliphatic carbocycles. The van der Waals surface area contributed by atoms with E-state index in [1.54, 1.807) is 0 Å². The molecule has 0 amide bonds. The zero-order valence-corrected chi connectivity index (χ0v) is 88.5. The Balaban J connectivity index is 0.000000120. The van der Waals surface area contributed by atoms with Crippen molar-refractivity contribution in [2.45, 2.75) is 83.1 Å². The standard InChI is InChI=1S/C21H28N2.C21H27N2.3C18H15P.2C13H8.4ClH.2Ru/c2*1-14-9-16(3)20(17(4)10-14)22-7-8-23(13-22)21-18(5)11-15(2)12-19(21)6;3*1-4-10-16(11-5-1)19(17-12-6-2-7-13-17)18-14-8-3-9-15-18;2*1-3-7-12-10(5-1)9-11-6-2-4-8-13(11)12;;;;;;/h9-12H,7-8,13H2,1-6H3;9-13H,7-8H2,1-6H3;3*1-15H;2*1-8H;4*1H;;/q;-1;;;;;;;;;;2*+2/p-1. The molecule has 0 unspecified atom stereocenters. The third-order valence-corrected chi connectivity index (χ3v) is 39.2.